The minimum absolute atomic E-state index is 0.442. The first-order chi connectivity index (χ1) is 11.7. The molecule has 5 heteroatoms. The predicted molar refractivity (Wildman–Crippen MR) is 99.4 cm³/mol. The standard InChI is InChI=1S/C19H18ClN3S/c1-23-18(15-10-4-5-11-16(15)20)21-22-19(23)24-17-12-6-8-13-7-2-3-9-14(13)17/h2-5,7,9-11,17H,6,8,12H2,1H3. The van der Waals surface area contributed by atoms with E-state index in [2.05, 4.69) is 34.5 Å². The zero-order valence-corrected chi connectivity index (χ0v) is 15.0. The molecule has 1 atom stereocenters. The molecule has 122 valence electrons. The van der Waals surface area contributed by atoms with Crippen LogP contribution >= 0.6 is 23.4 Å². The van der Waals surface area contributed by atoms with E-state index in [0.717, 1.165) is 16.5 Å². The number of rotatable bonds is 3. The molecule has 0 saturated carbocycles. The maximum atomic E-state index is 6.31. The maximum absolute atomic E-state index is 6.31. The lowest BCUT2D eigenvalue weighted by molar-refractivity contribution is 0.668. The number of nitrogens with zero attached hydrogens (tertiary/aromatic N) is 3. The lowest BCUT2D eigenvalue weighted by atomic mass is 9.91. The van der Waals surface area contributed by atoms with Gasteiger partial charge in [0.25, 0.3) is 0 Å². The van der Waals surface area contributed by atoms with Crippen LogP contribution in [0.25, 0.3) is 11.4 Å². The molecule has 0 fully saturated rings. The second kappa shape index (κ2) is 6.61. The summed E-state index contributed by atoms with van der Waals surface area (Å²) < 4.78 is 2.04. The summed E-state index contributed by atoms with van der Waals surface area (Å²) in [5, 5.41) is 10.9. The van der Waals surface area contributed by atoms with Gasteiger partial charge in [-0.1, -0.05) is 59.8 Å². The van der Waals surface area contributed by atoms with Crippen LogP contribution in [-0.2, 0) is 13.5 Å². The summed E-state index contributed by atoms with van der Waals surface area (Å²) >= 11 is 8.11. The Morgan fingerprint density at radius 1 is 1.08 bits per heavy atom. The fourth-order valence-corrected chi connectivity index (χ4v) is 4.70. The maximum Gasteiger partial charge on any atom is 0.191 e. The van der Waals surface area contributed by atoms with Crippen molar-refractivity contribution in [3.8, 4) is 11.4 Å². The Labute approximate surface area is 151 Å². The van der Waals surface area contributed by atoms with Crippen molar-refractivity contribution in [2.75, 3.05) is 0 Å². The summed E-state index contributed by atoms with van der Waals surface area (Å²) in [4.78, 5) is 0. The van der Waals surface area contributed by atoms with Gasteiger partial charge >= 0.3 is 0 Å². The molecule has 0 spiro atoms. The summed E-state index contributed by atoms with van der Waals surface area (Å²) in [7, 11) is 2.01. The van der Waals surface area contributed by atoms with E-state index in [0.29, 0.717) is 10.3 Å². The molecule has 4 rings (SSSR count). The molecule has 3 nitrogen and oxygen atoms in total. The van der Waals surface area contributed by atoms with Crippen LogP contribution in [0.1, 0.15) is 29.2 Å². The van der Waals surface area contributed by atoms with Crippen LogP contribution in [0.3, 0.4) is 0 Å². The van der Waals surface area contributed by atoms with E-state index in [1.807, 2.05) is 35.9 Å². The van der Waals surface area contributed by atoms with E-state index in [-0.39, 0.29) is 0 Å². The van der Waals surface area contributed by atoms with Crippen molar-refractivity contribution in [2.45, 2.75) is 29.7 Å². The van der Waals surface area contributed by atoms with Crippen LogP contribution < -0.4 is 0 Å². The topological polar surface area (TPSA) is 30.7 Å². The van der Waals surface area contributed by atoms with Gasteiger partial charge in [-0.3, -0.25) is 0 Å². The van der Waals surface area contributed by atoms with Gasteiger partial charge < -0.3 is 4.57 Å². The number of aryl methyl sites for hydroxylation is 1. The van der Waals surface area contributed by atoms with Crippen LogP contribution in [0.4, 0.5) is 0 Å². The molecule has 1 unspecified atom stereocenters. The van der Waals surface area contributed by atoms with Crippen molar-refractivity contribution in [1.82, 2.24) is 14.8 Å². The molecule has 1 aromatic heterocycles. The third-order valence-electron chi connectivity index (χ3n) is 4.51. The number of thioether (sulfide) groups is 1. The molecule has 1 aliphatic carbocycles. The Balaban J connectivity index is 1.65. The molecule has 0 aliphatic heterocycles. The Morgan fingerprint density at radius 2 is 1.88 bits per heavy atom. The van der Waals surface area contributed by atoms with Crippen LogP contribution in [0, 0.1) is 0 Å². The average Bonchev–Trinajstić information content (AvgIpc) is 2.96. The van der Waals surface area contributed by atoms with E-state index in [1.54, 1.807) is 11.8 Å². The van der Waals surface area contributed by atoms with E-state index in [4.69, 9.17) is 11.6 Å². The molecule has 0 saturated heterocycles. The van der Waals surface area contributed by atoms with Crippen molar-refractivity contribution in [3.05, 3.63) is 64.7 Å². The van der Waals surface area contributed by atoms with Crippen molar-refractivity contribution in [1.29, 1.82) is 0 Å². The molecule has 0 radical (unpaired) electrons. The lowest BCUT2D eigenvalue weighted by Gasteiger charge is -2.24. The monoisotopic (exact) mass is 355 g/mol. The zero-order chi connectivity index (χ0) is 16.5. The van der Waals surface area contributed by atoms with Crippen LogP contribution in [0.15, 0.2) is 53.7 Å². The SMILES string of the molecule is Cn1c(SC2CCCc3ccccc32)nnc1-c1ccccc1Cl. The molecule has 1 heterocycles. The minimum Gasteiger partial charge on any atom is -0.305 e. The van der Waals surface area contributed by atoms with Gasteiger partial charge in [-0.05, 0) is 42.5 Å². The van der Waals surface area contributed by atoms with E-state index < -0.39 is 0 Å². The highest BCUT2D eigenvalue weighted by Crippen LogP contribution is 2.43. The average molecular weight is 356 g/mol. The summed E-state index contributed by atoms with van der Waals surface area (Å²) in [5.74, 6) is 0.812. The molecule has 0 N–H and O–H groups in total. The Bertz CT molecular complexity index is 875. The van der Waals surface area contributed by atoms with Gasteiger partial charge in [0.15, 0.2) is 11.0 Å². The highest BCUT2D eigenvalue weighted by Gasteiger charge is 2.23. The fourth-order valence-electron chi connectivity index (χ4n) is 3.25. The first-order valence-corrected chi connectivity index (χ1v) is 9.38. The van der Waals surface area contributed by atoms with Crippen molar-refractivity contribution in [2.24, 2.45) is 7.05 Å². The van der Waals surface area contributed by atoms with Gasteiger partial charge in [0.2, 0.25) is 0 Å². The van der Waals surface area contributed by atoms with E-state index >= 15 is 0 Å². The summed E-state index contributed by atoms with van der Waals surface area (Å²) in [6.45, 7) is 0. The van der Waals surface area contributed by atoms with Crippen molar-refractivity contribution in [3.63, 3.8) is 0 Å². The van der Waals surface area contributed by atoms with Crippen LogP contribution in [0.2, 0.25) is 5.02 Å². The largest absolute Gasteiger partial charge is 0.305 e. The highest BCUT2D eigenvalue weighted by atomic mass is 35.5. The van der Waals surface area contributed by atoms with Gasteiger partial charge in [-0.2, -0.15) is 0 Å². The molecule has 1 aliphatic rings. The quantitative estimate of drug-likeness (QED) is 0.638. The van der Waals surface area contributed by atoms with E-state index in [1.165, 1.54) is 30.4 Å². The smallest absolute Gasteiger partial charge is 0.191 e. The number of hydrogen-bond donors (Lipinski definition) is 0. The normalized spacial score (nSPS) is 16.8. The zero-order valence-electron chi connectivity index (χ0n) is 13.4. The lowest BCUT2D eigenvalue weighted by Crippen LogP contribution is -2.07. The number of halogens is 1. The molecule has 0 amide bonds. The van der Waals surface area contributed by atoms with Crippen LogP contribution in [-0.4, -0.2) is 14.8 Å². The fraction of sp³-hybridized carbons (Fsp3) is 0.263. The summed E-state index contributed by atoms with van der Waals surface area (Å²) in [6.07, 6.45) is 3.58. The number of fused-ring (bicyclic) bond motifs is 1. The van der Waals surface area contributed by atoms with Gasteiger partial charge in [0.1, 0.15) is 0 Å². The molecular formula is C19H18ClN3S. The Kier molecular flexibility index (Phi) is 4.33. The first kappa shape index (κ1) is 15.7. The molecule has 3 aromatic rings. The predicted octanol–water partition coefficient (Wildman–Crippen LogP) is 5.31. The molecular weight excluding hydrogens is 338 g/mol. The third-order valence-corrected chi connectivity index (χ3v) is 6.18. The number of aromatic nitrogens is 3. The van der Waals surface area contributed by atoms with Crippen molar-refractivity contribution >= 4 is 23.4 Å². The minimum atomic E-state index is 0.442. The summed E-state index contributed by atoms with van der Waals surface area (Å²) in [5.41, 5.74) is 3.83. The van der Waals surface area contributed by atoms with Crippen LogP contribution in [0.5, 0.6) is 0 Å². The molecule has 0 bridgehead atoms. The third kappa shape index (κ3) is 2.85. The highest BCUT2D eigenvalue weighted by molar-refractivity contribution is 7.99. The Hall–Kier alpha value is -1.78. The second-order valence-electron chi connectivity index (χ2n) is 6.04. The number of hydrogen-bond acceptors (Lipinski definition) is 3. The second-order valence-corrected chi connectivity index (χ2v) is 7.62. The molecule has 24 heavy (non-hydrogen) atoms. The Morgan fingerprint density at radius 3 is 2.75 bits per heavy atom. The van der Waals surface area contributed by atoms with Gasteiger partial charge in [0.05, 0.1) is 5.02 Å². The number of benzene rings is 2. The van der Waals surface area contributed by atoms with Gasteiger partial charge in [-0.25, -0.2) is 0 Å². The van der Waals surface area contributed by atoms with Crippen molar-refractivity contribution < 1.29 is 0 Å². The first-order valence-electron chi connectivity index (χ1n) is 8.13. The summed E-state index contributed by atoms with van der Waals surface area (Å²) in [6, 6.07) is 16.5. The van der Waals surface area contributed by atoms with Gasteiger partial charge in [-0.15, -0.1) is 10.2 Å². The van der Waals surface area contributed by atoms with E-state index in [9.17, 15) is 0 Å². The van der Waals surface area contributed by atoms with Gasteiger partial charge in [0, 0.05) is 17.9 Å². The molecule has 2 aromatic carbocycles.